The van der Waals surface area contributed by atoms with E-state index in [1.807, 2.05) is 30.3 Å². The molecule has 0 bridgehead atoms. The number of carbonyl (C=O) groups excluding carboxylic acids is 2. The molecule has 1 rings (SSSR count). The molecule has 0 unspecified atom stereocenters. The van der Waals surface area contributed by atoms with Gasteiger partial charge in [0, 0.05) is 6.20 Å². The third-order valence-electron chi connectivity index (χ3n) is 2.25. The maximum atomic E-state index is 11.5. The van der Waals surface area contributed by atoms with Crippen molar-refractivity contribution in [3.63, 3.8) is 0 Å². The van der Waals surface area contributed by atoms with Crippen molar-refractivity contribution in [3.05, 3.63) is 48.2 Å². The molecule has 0 heterocycles. The fraction of sp³-hybridized carbons (Fsp3) is 0.375. The summed E-state index contributed by atoms with van der Waals surface area (Å²) in [5.74, 6) is -0.317. The fourth-order valence-corrected chi connectivity index (χ4v) is 1.44. The summed E-state index contributed by atoms with van der Waals surface area (Å²) in [6.45, 7) is 5.44. The van der Waals surface area contributed by atoms with E-state index in [4.69, 9.17) is 9.47 Å². The van der Waals surface area contributed by atoms with Gasteiger partial charge in [-0.1, -0.05) is 30.3 Å². The summed E-state index contributed by atoms with van der Waals surface area (Å²) in [5.41, 5.74) is 0.360. The van der Waals surface area contributed by atoms with E-state index in [-0.39, 0.29) is 19.0 Å². The molecule has 0 radical (unpaired) electrons. The van der Waals surface area contributed by atoms with E-state index in [0.29, 0.717) is 0 Å². The highest BCUT2D eigenvalue weighted by atomic mass is 16.6. The Morgan fingerprint density at radius 3 is 2.48 bits per heavy atom. The lowest BCUT2D eigenvalue weighted by Crippen LogP contribution is -2.29. The van der Waals surface area contributed by atoms with Crippen LogP contribution in [0.25, 0.3) is 0 Å². The maximum Gasteiger partial charge on any atom is 0.411 e. The van der Waals surface area contributed by atoms with Crippen LogP contribution in [-0.2, 0) is 20.7 Å². The van der Waals surface area contributed by atoms with Crippen molar-refractivity contribution in [2.75, 3.05) is 6.61 Å². The Labute approximate surface area is 124 Å². The third-order valence-corrected chi connectivity index (χ3v) is 2.25. The molecule has 0 atom stereocenters. The number of nitrogens with one attached hydrogen (secondary N) is 1. The van der Waals surface area contributed by atoms with Crippen molar-refractivity contribution in [3.8, 4) is 0 Å². The van der Waals surface area contributed by atoms with Gasteiger partial charge in [-0.05, 0) is 32.4 Å². The molecule has 0 saturated carbocycles. The van der Waals surface area contributed by atoms with Gasteiger partial charge in [0.15, 0.2) is 0 Å². The Morgan fingerprint density at radius 1 is 1.19 bits per heavy atom. The highest BCUT2D eigenvalue weighted by Gasteiger charge is 2.14. The minimum atomic E-state index is -0.547. The van der Waals surface area contributed by atoms with Gasteiger partial charge < -0.3 is 9.47 Å². The minimum Gasteiger partial charge on any atom is -0.461 e. The summed E-state index contributed by atoms with van der Waals surface area (Å²) in [4.78, 5) is 22.8. The smallest absolute Gasteiger partial charge is 0.411 e. The number of hydrogen-bond acceptors (Lipinski definition) is 4. The Hall–Kier alpha value is -2.30. The van der Waals surface area contributed by atoms with E-state index in [9.17, 15) is 9.59 Å². The second-order valence-corrected chi connectivity index (χ2v) is 5.39. The molecule has 0 aliphatic rings. The van der Waals surface area contributed by atoms with Crippen molar-refractivity contribution >= 4 is 12.1 Å². The number of carbonyl (C=O) groups is 2. The summed E-state index contributed by atoms with van der Waals surface area (Å²) in [6.07, 6.45) is 2.61. The molecular weight excluding hydrogens is 270 g/mol. The van der Waals surface area contributed by atoms with Crippen molar-refractivity contribution in [2.24, 2.45) is 0 Å². The monoisotopic (exact) mass is 291 g/mol. The SMILES string of the molecule is CC(C)(C)OC(=O)NC=CCOC(=O)Cc1ccccc1. The van der Waals surface area contributed by atoms with Crippen LogP contribution in [0.1, 0.15) is 26.3 Å². The van der Waals surface area contributed by atoms with Gasteiger partial charge in [0.1, 0.15) is 12.2 Å². The predicted molar refractivity (Wildman–Crippen MR) is 79.6 cm³/mol. The molecule has 5 nitrogen and oxygen atoms in total. The first-order valence-electron chi connectivity index (χ1n) is 6.71. The van der Waals surface area contributed by atoms with Gasteiger partial charge in [0.2, 0.25) is 0 Å². The predicted octanol–water partition coefficient (Wildman–Crippen LogP) is 2.81. The zero-order valence-electron chi connectivity index (χ0n) is 12.6. The lowest BCUT2D eigenvalue weighted by atomic mass is 10.2. The lowest BCUT2D eigenvalue weighted by Gasteiger charge is -2.18. The molecule has 5 heteroatoms. The molecule has 1 aromatic carbocycles. The van der Waals surface area contributed by atoms with Gasteiger partial charge in [-0.25, -0.2) is 4.79 Å². The molecule has 0 spiro atoms. The summed E-state index contributed by atoms with van der Waals surface area (Å²) >= 11 is 0. The summed E-state index contributed by atoms with van der Waals surface area (Å²) in [7, 11) is 0. The van der Waals surface area contributed by atoms with E-state index in [1.54, 1.807) is 20.8 Å². The summed E-state index contributed by atoms with van der Waals surface area (Å²) in [5, 5.41) is 2.43. The molecule has 0 saturated heterocycles. The van der Waals surface area contributed by atoms with Crippen molar-refractivity contribution < 1.29 is 19.1 Å². The van der Waals surface area contributed by atoms with Crippen LogP contribution in [0.2, 0.25) is 0 Å². The third kappa shape index (κ3) is 8.47. The van der Waals surface area contributed by atoms with Crippen molar-refractivity contribution in [2.45, 2.75) is 32.8 Å². The van der Waals surface area contributed by atoms with Gasteiger partial charge in [0.25, 0.3) is 0 Å². The van der Waals surface area contributed by atoms with Crippen LogP contribution in [-0.4, -0.2) is 24.3 Å². The molecule has 1 N–H and O–H groups in total. The largest absolute Gasteiger partial charge is 0.461 e. The Bertz CT molecular complexity index is 489. The first-order valence-corrected chi connectivity index (χ1v) is 6.71. The fourth-order valence-electron chi connectivity index (χ4n) is 1.44. The average molecular weight is 291 g/mol. The highest BCUT2D eigenvalue weighted by Crippen LogP contribution is 2.06. The maximum absolute atomic E-state index is 11.5. The minimum absolute atomic E-state index is 0.0987. The molecule has 0 fully saturated rings. The van der Waals surface area contributed by atoms with Crippen LogP contribution in [0.5, 0.6) is 0 Å². The normalized spacial score (nSPS) is 11.2. The van der Waals surface area contributed by atoms with Gasteiger partial charge in [-0.15, -0.1) is 0 Å². The second-order valence-electron chi connectivity index (χ2n) is 5.39. The topological polar surface area (TPSA) is 64.6 Å². The molecular formula is C16H21NO4. The molecule has 114 valence electrons. The summed E-state index contributed by atoms with van der Waals surface area (Å²) < 4.78 is 10.0. The molecule has 21 heavy (non-hydrogen) atoms. The van der Waals surface area contributed by atoms with Crippen LogP contribution < -0.4 is 5.32 Å². The first-order chi connectivity index (χ1) is 9.87. The average Bonchev–Trinajstić information content (AvgIpc) is 2.37. The summed E-state index contributed by atoms with van der Waals surface area (Å²) in [6, 6.07) is 9.35. The molecule has 0 aliphatic heterocycles. The zero-order chi connectivity index (χ0) is 15.7. The quantitative estimate of drug-likeness (QED) is 0.847. The van der Waals surface area contributed by atoms with Crippen LogP contribution in [0, 0.1) is 0 Å². The highest BCUT2D eigenvalue weighted by molar-refractivity contribution is 5.72. The number of esters is 1. The van der Waals surface area contributed by atoms with E-state index < -0.39 is 11.7 Å². The Kier molecular flexibility index (Phi) is 6.46. The molecule has 0 aliphatic carbocycles. The Balaban J connectivity index is 2.20. The van der Waals surface area contributed by atoms with Gasteiger partial charge in [-0.2, -0.15) is 0 Å². The van der Waals surface area contributed by atoms with Crippen molar-refractivity contribution in [1.29, 1.82) is 0 Å². The number of ether oxygens (including phenoxy) is 2. The number of amides is 1. The zero-order valence-corrected chi connectivity index (χ0v) is 12.6. The van der Waals surface area contributed by atoms with Crippen LogP contribution >= 0.6 is 0 Å². The van der Waals surface area contributed by atoms with Crippen molar-refractivity contribution in [1.82, 2.24) is 5.32 Å². The standard InChI is InChI=1S/C16H21NO4/c1-16(2,3)21-15(19)17-10-7-11-20-14(18)12-13-8-5-4-6-9-13/h4-10H,11-12H2,1-3H3,(H,17,19). The number of hydrogen-bond donors (Lipinski definition) is 1. The van der Waals surface area contributed by atoms with E-state index in [1.165, 1.54) is 12.3 Å². The number of rotatable bonds is 5. The molecule has 1 aromatic rings. The first kappa shape index (κ1) is 16.8. The van der Waals surface area contributed by atoms with E-state index in [0.717, 1.165) is 5.56 Å². The lowest BCUT2D eigenvalue weighted by molar-refractivity contribution is -0.141. The van der Waals surface area contributed by atoms with E-state index >= 15 is 0 Å². The molecule has 0 aromatic heterocycles. The van der Waals surface area contributed by atoms with Crippen LogP contribution in [0.15, 0.2) is 42.6 Å². The van der Waals surface area contributed by atoms with Crippen LogP contribution in [0.4, 0.5) is 4.79 Å². The Morgan fingerprint density at radius 2 is 1.86 bits per heavy atom. The second kappa shape index (κ2) is 8.09. The van der Waals surface area contributed by atoms with Gasteiger partial charge >= 0.3 is 12.1 Å². The van der Waals surface area contributed by atoms with E-state index in [2.05, 4.69) is 5.32 Å². The number of alkyl carbamates (subject to hydrolysis) is 1. The van der Waals surface area contributed by atoms with Crippen LogP contribution in [0.3, 0.4) is 0 Å². The van der Waals surface area contributed by atoms with Gasteiger partial charge in [-0.3, -0.25) is 10.1 Å². The number of benzene rings is 1. The molecule has 1 amide bonds. The van der Waals surface area contributed by atoms with Gasteiger partial charge in [0.05, 0.1) is 6.42 Å².